The summed E-state index contributed by atoms with van der Waals surface area (Å²) in [7, 11) is 0. The zero-order valence-electron chi connectivity index (χ0n) is 49.4. The van der Waals surface area contributed by atoms with Crippen molar-refractivity contribution in [3.63, 3.8) is 0 Å². The number of benzene rings is 4. The van der Waals surface area contributed by atoms with Crippen LogP contribution in [0.4, 0.5) is 0 Å². The predicted octanol–water partition coefficient (Wildman–Crippen LogP) is 5.00. The van der Waals surface area contributed by atoms with Crippen LogP contribution in [0, 0.1) is 23.7 Å². The summed E-state index contributed by atoms with van der Waals surface area (Å²) in [6.45, 7) is 16.8. The molecule has 4 aromatic rings. The van der Waals surface area contributed by atoms with E-state index in [1.54, 1.807) is 88.4 Å². The molecule has 0 spiro atoms. The van der Waals surface area contributed by atoms with Crippen molar-refractivity contribution in [2.45, 2.75) is 156 Å². The van der Waals surface area contributed by atoms with Gasteiger partial charge < -0.3 is 61.1 Å². The van der Waals surface area contributed by atoms with E-state index in [0.717, 1.165) is 10.8 Å². The van der Waals surface area contributed by atoms with Crippen LogP contribution in [0.25, 0.3) is 10.8 Å². The highest BCUT2D eigenvalue weighted by Gasteiger charge is 2.36. The fraction of sp³-hybridized carbons (Fsp3) is 0.484. The second kappa shape index (κ2) is 33.8. The monoisotopic (exact) mass is 1170 g/mol. The van der Waals surface area contributed by atoms with E-state index in [1.807, 2.05) is 39.8 Å². The van der Waals surface area contributed by atoms with E-state index in [1.165, 1.54) is 38.1 Å². The molecule has 8 N–H and O–H groups in total. The van der Waals surface area contributed by atoms with Crippen LogP contribution in [0.2, 0.25) is 0 Å². The molecule has 22 heteroatoms. The molecule has 0 bridgehead atoms. The smallest absolute Gasteiger partial charge is 0.345 e. The van der Waals surface area contributed by atoms with Crippen molar-refractivity contribution in [2.24, 2.45) is 23.7 Å². The van der Waals surface area contributed by atoms with Crippen molar-refractivity contribution in [2.75, 3.05) is 13.2 Å². The van der Waals surface area contributed by atoms with E-state index in [2.05, 4.69) is 31.9 Å². The van der Waals surface area contributed by atoms with Gasteiger partial charge in [0.15, 0.2) is 0 Å². The van der Waals surface area contributed by atoms with E-state index in [9.17, 15) is 58.2 Å². The maximum atomic E-state index is 13.6. The SMILES string of the molecule is CC(C)C[C@H](NC(=O)[C@@H](NC(=O)CCCOc1ccc2ccc(OCCCC(=O)N[C@H](C(=O)N[C@@H](CC(C)C)C(=O)N[C@H](C(=O)OC(=O)c3ccccc3)C(C)C)[C@@H](C)O)cc2c1)[C@@H](C)O)C(=O)N[C@H](C(=O)OC(=O)c1ccccc1)C(C)C. The third-order valence-electron chi connectivity index (χ3n) is 13.1. The molecule has 0 aliphatic heterocycles. The van der Waals surface area contributed by atoms with E-state index < -0.39 is 120 Å². The van der Waals surface area contributed by atoms with Crippen LogP contribution in [-0.4, -0.2) is 131 Å². The Morgan fingerprint density at radius 3 is 1.10 bits per heavy atom. The molecule has 8 atom stereocenters. The average Bonchev–Trinajstić information content (AvgIpc) is 3.43. The lowest BCUT2D eigenvalue weighted by molar-refractivity contribution is -0.145. The number of amides is 6. The van der Waals surface area contributed by atoms with E-state index in [0.29, 0.717) is 11.5 Å². The molecule has 0 fully saturated rings. The molecule has 22 nitrogen and oxygen atoms in total. The second-order valence-electron chi connectivity index (χ2n) is 22.1. The van der Waals surface area contributed by atoms with Crippen molar-refractivity contribution in [3.8, 4) is 11.5 Å². The van der Waals surface area contributed by atoms with Crippen LogP contribution in [0.3, 0.4) is 0 Å². The van der Waals surface area contributed by atoms with Gasteiger partial charge in [0.05, 0.1) is 36.5 Å². The molecule has 456 valence electrons. The van der Waals surface area contributed by atoms with Gasteiger partial charge in [-0.1, -0.05) is 104 Å². The molecule has 0 unspecified atom stereocenters. The van der Waals surface area contributed by atoms with E-state index >= 15 is 0 Å². The Morgan fingerprint density at radius 1 is 0.417 bits per heavy atom. The standard InChI is InChI=1S/C62H82N6O16/c1-35(2)31-47(55(73)67-51(37(5)6)61(79)83-59(77)42-19-13-11-14-20-42)63-57(75)53(39(9)69)65-49(71)23-17-29-81-45-27-25-41-26-28-46(34-44(41)33-45)82-30-18-24-50(72)66-54(40(10)70)58(76)64-48(32-36(3)4)56(74)68-52(38(7)8)62(80)84-60(78)43-21-15-12-16-22-43/h11-16,19-22,25-28,33-40,47-48,51-54,69-70H,17-18,23-24,29-32H2,1-10H3,(H,63,75)(H,64,76)(H,65,71)(H,66,72)(H,67,73)(H,68,74)/t39-,40-,47+,48+,51+,52+,53+,54+/m1/s1. The van der Waals surface area contributed by atoms with Gasteiger partial charge in [0, 0.05) is 12.8 Å². The highest BCUT2D eigenvalue weighted by molar-refractivity contribution is 6.01. The number of nitrogens with one attached hydrogen (secondary N) is 6. The topological polar surface area (TPSA) is 320 Å². The van der Waals surface area contributed by atoms with Crippen LogP contribution < -0.4 is 41.4 Å². The molecule has 0 aromatic heterocycles. The summed E-state index contributed by atoms with van der Waals surface area (Å²) in [6.07, 6.45) is -2.15. The Balaban J connectivity index is 1.25. The van der Waals surface area contributed by atoms with Crippen LogP contribution >= 0.6 is 0 Å². The first-order valence-corrected chi connectivity index (χ1v) is 28.3. The molecular weight excluding hydrogens is 1080 g/mol. The normalized spacial score (nSPS) is 14.1. The van der Waals surface area contributed by atoms with Crippen molar-refractivity contribution in [1.82, 2.24) is 31.9 Å². The average molecular weight is 1170 g/mol. The minimum absolute atomic E-state index is 0.0816. The number of ether oxygens (including phenoxy) is 4. The van der Waals surface area contributed by atoms with Crippen LogP contribution in [0.5, 0.6) is 11.5 Å². The van der Waals surface area contributed by atoms with Gasteiger partial charge >= 0.3 is 23.9 Å². The van der Waals surface area contributed by atoms with Crippen molar-refractivity contribution >= 4 is 70.1 Å². The number of hydrogen-bond donors (Lipinski definition) is 8. The van der Waals surface area contributed by atoms with Crippen molar-refractivity contribution in [3.05, 3.63) is 108 Å². The molecule has 4 aromatic carbocycles. The Hall–Kier alpha value is -8.24. The van der Waals surface area contributed by atoms with Crippen LogP contribution in [0.1, 0.15) is 128 Å². The fourth-order valence-electron chi connectivity index (χ4n) is 8.54. The first-order valence-electron chi connectivity index (χ1n) is 28.3. The quantitative estimate of drug-likeness (QED) is 0.0181. The molecule has 6 amide bonds. The Kier molecular flexibility index (Phi) is 27.4. The van der Waals surface area contributed by atoms with Gasteiger partial charge in [0.1, 0.15) is 47.8 Å². The van der Waals surface area contributed by atoms with Gasteiger partial charge in [-0.2, -0.15) is 0 Å². The van der Waals surface area contributed by atoms with Gasteiger partial charge in [-0.05, 0) is 123 Å². The van der Waals surface area contributed by atoms with Gasteiger partial charge in [0.2, 0.25) is 35.4 Å². The second-order valence-corrected chi connectivity index (χ2v) is 22.1. The Morgan fingerprint density at radius 2 is 0.774 bits per heavy atom. The maximum Gasteiger partial charge on any atom is 0.345 e. The number of hydrogen-bond acceptors (Lipinski definition) is 16. The molecule has 0 heterocycles. The van der Waals surface area contributed by atoms with E-state index in [4.69, 9.17) is 18.9 Å². The predicted molar refractivity (Wildman–Crippen MR) is 311 cm³/mol. The molecular formula is C62H82N6O16. The summed E-state index contributed by atoms with van der Waals surface area (Å²) in [4.78, 5) is 132. The summed E-state index contributed by atoms with van der Waals surface area (Å²) in [5, 5.41) is 38.3. The number of aliphatic hydroxyl groups excluding tert-OH is 2. The Labute approximate surface area is 490 Å². The summed E-state index contributed by atoms with van der Waals surface area (Å²) >= 11 is 0. The first kappa shape index (κ1) is 68.3. The highest BCUT2D eigenvalue weighted by Crippen LogP contribution is 2.26. The molecule has 0 saturated carbocycles. The molecule has 0 saturated heterocycles. The highest BCUT2D eigenvalue weighted by atomic mass is 16.6. The molecule has 0 aliphatic carbocycles. The first-order chi connectivity index (χ1) is 39.7. The number of rotatable bonds is 32. The van der Waals surface area contributed by atoms with Crippen LogP contribution in [0.15, 0.2) is 97.1 Å². The largest absolute Gasteiger partial charge is 0.494 e. The lowest BCUT2D eigenvalue weighted by Crippen LogP contribution is -2.59. The number of fused-ring (bicyclic) bond motifs is 1. The van der Waals surface area contributed by atoms with Gasteiger partial charge in [-0.25, -0.2) is 19.2 Å². The van der Waals surface area contributed by atoms with Crippen molar-refractivity contribution < 1.29 is 77.1 Å². The number of esters is 4. The van der Waals surface area contributed by atoms with Crippen molar-refractivity contribution in [1.29, 1.82) is 0 Å². The summed E-state index contributed by atoms with van der Waals surface area (Å²) in [5.41, 5.74) is 0.297. The lowest BCUT2D eigenvalue weighted by Gasteiger charge is -2.27. The summed E-state index contributed by atoms with van der Waals surface area (Å²) in [5.74, 6) is -8.20. The number of carbonyl (C=O) groups excluding carboxylic acids is 10. The minimum Gasteiger partial charge on any atom is -0.494 e. The zero-order valence-corrected chi connectivity index (χ0v) is 49.4. The minimum atomic E-state index is -1.44. The lowest BCUT2D eigenvalue weighted by atomic mass is 9.99. The third kappa shape index (κ3) is 22.5. The molecule has 0 aliphatic rings. The fourth-order valence-corrected chi connectivity index (χ4v) is 8.54. The summed E-state index contributed by atoms with van der Waals surface area (Å²) < 4.78 is 22.0. The number of aliphatic hydroxyl groups is 2. The van der Waals surface area contributed by atoms with E-state index in [-0.39, 0.29) is 74.7 Å². The van der Waals surface area contributed by atoms with Gasteiger partial charge in [-0.15, -0.1) is 0 Å². The Bertz CT molecular complexity index is 2690. The van der Waals surface area contributed by atoms with Crippen LogP contribution in [-0.2, 0) is 47.8 Å². The zero-order chi connectivity index (χ0) is 62.2. The summed E-state index contributed by atoms with van der Waals surface area (Å²) in [6, 6.07) is 18.8. The molecule has 84 heavy (non-hydrogen) atoms. The van der Waals surface area contributed by atoms with Gasteiger partial charge in [-0.3, -0.25) is 28.8 Å². The molecule has 4 rings (SSSR count). The van der Waals surface area contributed by atoms with Gasteiger partial charge in [0.25, 0.3) is 0 Å². The third-order valence-corrected chi connectivity index (χ3v) is 13.1. The molecule has 0 radical (unpaired) electrons. The maximum absolute atomic E-state index is 13.6. The number of carbonyl (C=O) groups is 10.